The fourth-order valence-electron chi connectivity index (χ4n) is 3.60. The van der Waals surface area contributed by atoms with Gasteiger partial charge in [-0.25, -0.2) is 19.4 Å². The Morgan fingerprint density at radius 2 is 2.03 bits per heavy atom. The van der Waals surface area contributed by atoms with Crippen molar-refractivity contribution >= 4 is 29.8 Å². The molecule has 32 heavy (non-hydrogen) atoms. The number of rotatable bonds is 6. The Bertz CT molecular complexity index is 1330. The minimum Gasteiger partial charge on any atom is -0.358 e. The molecule has 9 heteroatoms. The number of halogens is 1. The van der Waals surface area contributed by atoms with Crippen molar-refractivity contribution in [1.29, 1.82) is 0 Å². The molecule has 0 fully saturated rings. The largest absolute Gasteiger partial charge is 0.358 e. The molecule has 0 amide bonds. The van der Waals surface area contributed by atoms with Gasteiger partial charge in [0.15, 0.2) is 11.7 Å². The zero-order valence-electron chi connectivity index (χ0n) is 17.7. The van der Waals surface area contributed by atoms with Crippen molar-refractivity contribution in [3.05, 3.63) is 82.0 Å². The molecule has 162 valence electrons. The molecular weight excluding hydrogens is 409 g/mol. The van der Waals surface area contributed by atoms with Gasteiger partial charge < -0.3 is 10.6 Å². The molecule has 1 aromatic heterocycles. The van der Waals surface area contributed by atoms with Crippen LogP contribution < -0.4 is 16.2 Å². The second-order valence-electron chi connectivity index (χ2n) is 7.02. The van der Waals surface area contributed by atoms with E-state index >= 15 is 0 Å². The predicted molar refractivity (Wildman–Crippen MR) is 125 cm³/mol. The van der Waals surface area contributed by atoms with Gasteiger partial charge in [-0.1, -0.05) is 31.2 Å². The Balaban J connectivity index is 1.94. The number of amidine groups is 1. The Labute approximate surface area is 184 Å². The summed E-state index contributed by atoms with van der Waals surface area (Å²) in [5.74, 6) is 0.757. The van der Waals surface area contributed by atoms with E-state index in [1.165, 1.54) is 23.0 Å². The van der Waals surface area contributed by atoms with Crippen molar-refractivity contribution in [2.75, 3.05) is 7.05 Å². The van der Waals surface area contributed by atoms with Crippen LogP contribution in [0.4, 0.5) is 4.39 Å². The monoisotopic (exact) mass is 431 g/mol. The molecule has 3 aromatic rings. The molecule has 0 aliphatic carbocycles. The summed E-state index contributed by atoms with van der Waals surface area (Å²) in [5, 5.41) is 6.18. The lowest BCUT2D eigenvalue weighted by molar-refractivity contribution is 0.527. The minimum atomic E-state index is -0.608. The summed E-state index contributed by atoms with van der Waals surface area (Å²) in [5.41, 5.74) is 0.894. The number of para-hydroxylation sites is 1. The quantitative estimate of drug-likeness (QED) is 0.586. The highest BCUT2D eigenvalue weighted by atomic mass is 19.1. The van der Waals surface area contributed by atoms with E-state index in [-0.39, 0.29) is 10.9 Å². The third kappa shape index (κ3) is 3.68. The number of hydrogen-bond donors (Lipinski definition) is 2. The van der Waals surface area contributed by atoms with Gasteiger partial charge in [-0.05, 0) is 37.4 Å². The third-order valence-electron chi connectivity index (χ3n) is 5.14. The van der Waals surface area contributed by atoms with Crippen LogP contribution in [0.2, 0.25) is 0 Å². The summed E-state index contributed by atoms with van der Waals surface area (Å²) < 4.78 is 16.0. The predicted octanol–water partition coefficient (Wildman–Crippen LogP) is 3.10. The van der Waals surface area contributed by atoms with Crippen LogP contribution in [-0.2, 0) is 0 Å². The van der Waals surface area contributed by atoms with E-state index in [9.17, 15) is 9.18 Å². The van der Waals surface area contributed by atoms with Crippen molar-refractivity contribution in [2.45, 2.75) is 19.4 Å². The van der Waals surface area contributed by atoms with Crippen molar-refractivity contribution in [3.63, 3.8) is 0 Å². The summed E-state index contributed by atoms with van der Waals surface area (Å²) in [4.78, 5) is 30.7. The number of fused-ring (bicyclic) bond motifs is 1. The van der Waals surface area contributed by atoms with Crippen LogP contribution in [0, 0.1) is 5.82 Å². The first-order valence-electron chi connectivity index (χ1n) is 10.1. The fraction of sp³-hybridized carbons (Fsp3) is 0.174. The Hall–Kier alpha value is -4.14. The summed E-state index contributed by atoms with van der Waals surface area (Å²) in [6, 6.07) is 13.0. The maximum absolute atomic E-state index is 14.6. The molecule has 0 unspecified atom stereocenters. The molecule has 2 N–H and O–H groups in total. The summed E-state index contributed by atoms with van der Waals surface area (Å²) in [7, 11) is 1.64. The highest BCUT2D eigenvalue weighted by molar-refractivity contribution is 6.09. The summed E-state index contributed by atoms with van der Waals surface area (Å²) in [6.45, 7) is 5.60. The van der Waals surface area contributed by atoms with Crippen LogP contribution in [0.15, 0.2) is 79.8 Å². The van der Waals surface area contributed by atoms with Gasteiger partial charge in [0.1, 0.15) is 22.7 Å². The normalized spacial score (nSPS) is 16.8. The lowest BCUT2D eigenvalue weighted by Crippen LogP contribution is -2.32. The van der Waals surface area contributed by atoms with Gasteiger partial charge in [0, 0.05) is 7.05 Å². The average molecular weight is 431 g/mol. The van der Waals surface area contributed by atoms with Gasteiger partial charge in [-0.2, -0.15) is 0 Å². The SMILES string of the molecule is C=N/C(N[C@@H](CC)c1nc2cccc(F)c2c(=O)n1-c1ccccc1)=C1/N=CN/C1=N/C. The number of aliphatic imine (C=N–C) groups is 3. The van der Waals surface area contributed by atoms with Gasteiger partial charge in [0.25, 0.3) is 5.56 Å². The van der Waals surface area contributed by atoms with Crippen LogP contribution in [0.5, 0.6) is 0 Å². The molecule has 0 saturated heterocycles. The number of hydrogen-bond acceptors (Lipinski definition) is 6. The molecule has 4 rings (SSSR count). The Morgan fingerprint density at radius 3 is 2.72 bits per heavy atom. The van der Waals surface area contributed by atoms with Crippen LogP contribution in [0.1, 0.15) is 25.2 Å². The number of aromatic nitrogens is 2. The molecule has 0 bridgehead atoms. The first kappa shape index (κ1) is 21.1. The maximum atomic E-state index is 14.6. The molecule has 1 atom stereocenters. The Kier molecular flexibility index (Phi) is 5.89. The Morgan fingerprint density at radius 1 is 1.25 bits per heavy atom. The maximum Gasteiger partial charge on any atom is 0.269 e. The smallest absolute Gasteiger partial charge is 0.269 e. The second kappa shape index (κ2) is 8.93. The minimum absolute atomic E-state index is 0.0552. The van der Waals surface area contributed by atoms with E-state index in [0.29, 0.717) is 35.3 Å². The van der Waals surface area contributed by atoms with Gasteiger partial charge >= 0.3 is 0 Å². The molecule has 2 aromatic carbocycles. The lowest BCUT2D eigenvalue weighted by atomic mass is 10.1. The second-order valence-corrected chi connectivity index (χ2v) is 7.02. The van der Waals surface area contributed by atoms with E-state index in [2.05, 4.69) is 37.3 Å². The first-order valence-corrected chi connectivity index (χ1v) is 10.1. The summed E-state index contributed by atoms with van der Waals surface area (Å²) >= 11 is 0. The summed E-state index contributed by atoms with van der Waals surface area (Å²) in [6.07, 6.45) is 2.07. The third-order valence-corrected chi connectivity index (χ3v) is 5.14. The van der Waals surface area contributed by atoms with Gasteiger partial charge in [-0.15, -0.1) is 0 Å². The number of nitrogens with zero attached hydrogens (tertiary/aromatic N) is 5. The lowest BCUT2D eigenvalue weighted by Gasteiger charge is -2.23. The molecule has 8 nitrogen and oxygen atoms in total. The van der Waals surface area contributed by atoms with E-state index in [1.807, 2.05) is 25.1 Å². The first-order chi connectivity index (χ1) is 15.6. The van der Waals surface area contributed by atoms with Crippen molar-refractivity contribution in [3.8, 4) is 5.69 Å². The van der Waals surface area contributed by atoms with Crippen molar-refractivity contribution in [2.24, 2.45) is 15.0 Å². The van der Waals surface area contributed by atoms with Gasteiger partial charge in [-0.3, -0.25) is 14.4 Å². The highest BCUT2D eigenvalue weighted by Crippen LogP contribution is 2.23. The number of benzene rings is 2. The number of nitrogens with one attached hydrogen (secondary N) is 2. The van der Waals surface area contributed by atoms with Gasteiger partial charge in [0.05, 0.1) is 23.6 Å². The highest BCUT2D eigenvalue weighted by Gasteiger charge is 2.24. The van der Waals surface area contributed by atoms with Gasteiger partial charge in [0.2, 0.25) is 0 Å². The molecule has 1 aliphatic rings. The molecule has 2 heterocycles. The molecular formula is C23H22FN7O. The average Bonchev–Trinajstić information content (AvgIpc) is 3.29. The zero-order valence-corrected chi connectivity index (χ0v) is 17.7. The van der Waals surface area contributed by atoms with E-state index in [1.54, 1.807) is 25.2 Å². The molecule has 0 radical (unpaired) electrons. The molecule has 0 saturated carbocycles. The van der Waals surface area contributed by atoms with Crippen LogP contribution in [-0.4, -0.2) is 35.5 Å². The van der Waals surface area contributed by atoms with Crippen molar-refractivity contribution in [1.82, 2.24) is 20.2 Å². The fourth-order valence-corrected chi connectivity index (χ4v) is 3.60. The van der Waals surface area contributed by atoms with Crippen molar-refractivity contribution < 1.29 is 4.39 Å². The molecule has 0 spiro atoms. The standard InChI is InChI=1S/C23H22FN7O/c1-4-16(29-21(26-3)19-20(25-2)28-13-27-19)22-30-17-12-8-11-15(24)18(17)23(32)31(22)14-9-6-5-7-10-14/h5-13,16,29H,3-4H2,1-2H3,(H,25,27,28)/b21-19-/t16-/m0/s1. The van der Waals surface area contributed by atoms with Crippen LogP contribution >= 0.6 is 0 Å². The van der Waals surface area contributed by atoms with E-state index in [0.717, 1.165) is 0 Å². The van der Waals surface area contributed by atoms with Crippen LogP contribution in [0.25, 0.3) is 16.6 Å². The molecule has 1 aliphatic heterocycles. The van der Waals surface area contributed by atoms with Crippen LogP contribution in [0.3, 0.4) is 0 Å². The van der Waals surface area contributed by atoms with E-state index < -0.39 is 17.4 Å². The van der Waals surface area contributed by atoms with E-state index in [4.69, 9.17) is 0 Å². The zero-order chi connectivity index (χ0) is 22.7. The topological polar surface area (TPSA) is 96.0 Å².